The molecule has 0 spiro atoms. The molecule has 0 fully saturated rings. The van der Waals surface area contributed by atoms with Crippen molar-refractivity contribution < 1.29 is 47.8 Å². The number of hydrogen-bond donors (Lipinski definition) is 0. The van der Waals surface area contributed by atoms with Gasteiger partial charge in [-0.05, 0) is 25.7 Å². The topological polar surface area (TPSA) is 0 Å². The normalized spacial score (nSPS) is 18.8. The molecule has 0 N–H and O–H groups in total. The second-order valence-corrected chi connectivity index (χ2v) is 21.6. The van der Waals surface area contributed by atoms with Crippen LogP contribution < -0.4 is 24.8 Å². The summed E-state index contributed by atoms with van der Waals surface area (Å²) in [5.41, 5.74) is 10.8. The molecule has 4 aliphatic carbocycles. The molecule has 0 radical (unpaired) electrons. The van der Waals surface area contributed by atoms with Gasteiger partial charge in [0.1, 0.15) is 0 Å². The molecule has 0 saturated heterocycles. The van der Waals surface area contributed by atoms with Crippen LogP contribution in [0.2, 0.25) is 13.1 Å². The van der Waals surface area contributed by atoms with Crippen molar-refractivity contribution in [2.45, 2.75) is 38.8 Å². The van der Waals surface area contributed by atoms with Gasteiger partial charge >= 0.3 is 41.6 Å². The van der Waals surface area contributed by atoms with E-state index in [0.29, 0.717) is 11.8 Å². The number of halogens is 2. The Labute approximate surface area is 232 Å². The van der Waals surface area contributed by atoms with Crippen molar-refractivity contribution >= 4 is 5.49 Å². The molecule has 2 aromatic rings. The van der Waals surface area contributed by atoms with Gasteiger partial charge in [0.2, 0.25) is 0 Å². The molecule has 0 saturated carbocycles. The van der Waals surface area contributed by atoms with Gasteiger partial charge in [0.25, 0.3) is 0 Å². The Bertz CT molecular complexity index is 1150. The molecular weight excluding hydrogens is 638 g/mol. The molecule has 172 valence electrons. The van der Waals surface area contributed by atoms with Crippen LogP contribution in [0.3, 0.4) is 0 Å². The van der Waals surface area contributed by atoms with E-state index in [4.69, 9.17) is 0 Å². The Morgan fingerprint density at radius 3 is 1.44 bits per heavy atom. The zero-order valence-electron chi connectivity index (χ0n) is 20.0. The van der Waals surface area contributed by atoms with Crippen molar-refractivity contribution in [2.24, 2.45) is 0 Å². The molecule has 0 heterocycles. The Balaban J connectivity index is 0.000000198. The van der Waals surface area contributed by atoms with Gasteiger partial charge in [-0.3, -0.25) is 0 Å². The summed E-state index contributed by atoms with van der Waals surface area (Å²) in [5.74, 6) is 0.909. The average Bonchev–Trinajstić information content (AvgIpc) is 3.30. The SMILES string of the molecule is C[Si](C)=[Hf+2].Cc1ccc2c(c1)[C-]=C1C=CC=CC12.Cc1ccc2c(c1)[C-]=C1C=CC=CC12.[Cl-].[Cl-]. The van der Waals surface area contributed by atoms with Crippen LogP contribution >= 0.6 is 0 Å². The van der Waals surface area contributed by atoms with Crippen LogP contribution in [0.25, 0.3) is 0 Å². The summed E-state index contributed by atoms with van der Waals surface area (Å²) in [4.78, 5) is 0. The van der Waals surface area contributed by atoms with Gasteiger partial charge < -0.3 is 24.8 Å². The second-order valence-electron chi connectivity index (χ2n) is 8.79. The van der Waals surface area contributed by atoms with Crippen molar-refractivity contribution in [3.05, 3.63) is 142 Å². The molecule has 2 atom stereocenters. The molecule has 0 bridgehead atoms. The smallest absolute Gasteiger partial charge is 0.0235 e. The largest absolute Gasteiger partial charge is 1.00 e. The Kier molecular flexibility index (Phi) is 11.0. The van der Waals surface area contributed by atoms with Crippen molar-refractivity contribution in [3.8, 4) is 0 Å². The minimum Gasteiger partial charge on any atom is -1.00 e. The molecule has 0 aliphatic heterocycles. The standard InChI is InChI=1S/2C14H11.C2H6Si.2ClH.Hf/c2*1-10-6-7-14-12(8-10)9-11-4-2-3-5-13(11)14;1-3-2;;;/h2*2-8,13H,1H3;1-2H3;2*1H;/q2*-1;;;;+2/p-2. The zero-order valence-corrected chi connectivity index (χ0v) is 26.1. The van der Waals surface area contributed by atoms with Gasteiger partial charge in [-0.25, -0.2) is 0 Å². The van der Waals surface area contributed by atoms with Crippen LogP contribution in [0.4, 0.5) is 0 Å². The van der Waals surface area contributed by atoms with Gasteiger partial charge in [0.05, 0.1) is 0 Å². The maximum atomic E-state index is 3.46. The summed E-state index contributed by atoms with van der Waals surface area (Å²) in [6, 6.07) is 13.2. The van der Waals surface area contributed by atoms with Gasteiger partial charge in [-0.1, -0.05) is 47.6 Å². The van der Waals surface area contributed by atoms with Crippen LogP contribution in [0.5, 0.6) is 0 Å². The van der Waals surface area contributed by atoms with E-state index in [1.807, 2.05) is 0 Å². The van der Waals surface area contributed by atoms with Crippen LogP contribution in [-0.4, -0.2) is 5.49 Å². The summed E-state index contributed by atoms with van der Waals surface area (Å²) in [7, 11) is 0. The number of aryl methyl sites for hydroxylation is 2. The Hall–Kier alpha value is -1.45. The average molecular weight is 666 g/mol. The van der Waals surface area contributed by atoms with Crippen molar-refractivity contribution in [1.82, 2.24) is 0 Å². The first-order valence-corrected chi connectivity index (χ1v) is 19.0. The van der Waals surface area contributed by atoms with E-state index in [1.54, 1.807) is 0 Å². The molecule has 0 aromatic heterocycles. The van der Waals surface area contributed by atoms with Gasteiger partial charge in [-0.2, -0.15) is 0 Å². The Morgan fingerprint density at radius 2 is 1.06 bits per heavy atom. The number of fused-ring (bicyclic) bond motifs is 6. The van der Waals surface area contributed by atoms with Gasteiger partial charge in [0, 0.05) is 0 Å². The van der Waals surface area contributed by atoms with Crippen LogP contribution in [0.15, 0.2) is 96.2 Å². The van der Waals surface area contributed by atoms with Crippen LogP contribution in [0, 0.1) is 26.0 Å². The van der Waals surface area contributed by atoms with Crippen LogP contribution in [0.1, 0.15) is 45.2 Å². The van der Waals surface area contributed by atoms with Crippen molar-refractivity contribution in [2.75, 3.05) is 0 Å². The summed E-state index contributed by atoms with van der Waals surface area (Å²) < 4.78 is 0. The number of benzene rings is 2. The first kappa shape index (κ1) is 28.8. The molecule has 2 unspecified atom stereocenters. The fraction of sp³-hybridized carbons (Fsp3) is 0.200. The van der Waals surface area contributed by atoms with Gasteiger partial charge in [-0.15, -0.1) is 94.1 Å². The molecule has 34 heavy (non-hydrogen) atoms. The second kappa shape index (κ2) is 13.0. The molecule has 4 aliphatic rings. The fourth-order valence-corrected chi connectivity index (χ4v) is 4.28. The van der Waals surface area contributed by atoms with E-state index in [2.05, 4.69) is 124 Å². The van der Waals surface area contributed by atoms with Gasteiger partial charge in [0.15, 0.2) is 0 Å². The van der Waals surface area contributed by atoms with E-state index >= 15 is 0 Å². The first-order chi connectivity index (χ1) is 15.4. The third kappa shape index (κ3) is 6.82. The van der Waals surface area contributed by atoms with E-state index in [9.17, 15) is 0 Å². The number of hydrogen-bond acceptors (Lipinski definition) is 0. The number of allylic oxidation sites excluding steroid dienone is 10. The maximum Gasteiger partial charge on any atom is -0.0235 e. The van der Waals surface area contributed by atoms with Crippen LogP contribution in [-0.2, 0) is 23.0 Å². The van der Waals surface area contributed by atoms with Crippen molar-refractivity contribution in [1.29, 1.82) is 0 Å². The minimum atomic E-state index is 0. The van der Waals surface area contributed by atoms with E-state index in [0.717, 1.165) is 0 Å². The predicted molar refractivity (Wildman–Crippen MR) is 134 cm³/mol. The molecule has 6 rings (SSSR count). The maximum absolute atomic E-state index is 3.46. The monoisotopic (exact) mass is 666 g/mol. The van der Waals surface area contributed by atoms with E-state index in [-0.39, 0.29) is 30.3 Å². The molecule has 2 aromatic carbocycles. The quantitative estimate of drug-likeness (QED) is 0.295. The van der Waals surface area contributed by atoms with Crippen molar-refractivity contribution in [3.63, 3.8) is 0 Å². The zero-order chi connectivity index (χ0) is 22.7. The molecular formula is C30H28Cl2HfSi-2. The third-order valence-electron chi connectivity index (χ3n) is 5.70. The summed E-state index contributed by atoms with van der Waals surface area (Å²) >= 11 is 1.45. The van der Waals surface area contributed by atoms with E-state index < -0.39 is 0 Å². The summed E-state index contributed by atoms with van der Waals surface area (Å²) in [5, 5.41) is 0. The number of rotatable bonds is 0. The molecule has 0 nitrogen and oxygen atoms in total. The van der Waals surface area contributed by atoms with E-state index in [1.165, 1.54) is 67.5 Å². The first-order valence-electron chi connectivity index (χ1n) is 11.1. The Morgan fingerprint density at radius 1 is 0.676 bits per heavy atom. The molecule has 4 heteroatoms. The fourth-order valence-electron chi connectivity index (χ4n) is 4.28. The third-order valence-corrected chi connectivity index (χ3v) is 5.70. The molecule has 0 amide bonds. The minimum absolute atomic E-state index is 0. The predicted octanol–water partition coefficient (Wildman–Crippen LogP) is 1.38. The summed E-state index contributed by atoms with van der Waals surface area (Å²) in [6.07, 6.45) is 24.1. The summed E-state index contributed by atoms with van der Waals surface area (Å²) in [6.45, 7) is 8.91.